The van der Waals surface area contributed by atoms with Crippen molar-refractivity contribution in [2.45, 2.75) is 25.3 Å². The summed E-state index contributed by atoms with van der Waals surface area (Å²) in [5, 5.41) is 4.83. The number of benzene rings is 3. The summed E-state index contributed by atoms with van der Waals surface area (Å²) in [4.78, 5) is 12.2. The molecule has 3 aromatic rings. The summed E-state index contributed by atoms with van der Waals surface area (Å²) in [7, 11) is 0. The van der Waals surface area contributed by atoms with E-state index >= 15 is 0 Å². The maximum atomic E-state index is 12.2. The van der Waals surface area contributed by atoms with E-state index in [0.29, 0.717) is 19.4 Å². The maximum absolute atomic E-state index is 12.2. The van der Waals surface area contributed by atoms with E-state index in [2.05, 4.69) is 36.4 Å². The van der Waals surface area contributed by atoms with Gasteiger partial charge in [0.2, 0.25) is 0 Å². The number of carbonyl (C=O) groups is 1. The summed E-state index contributed by atoms with van der Waals surface area (Å²) in [6, 6.07) is 17.1. The molecule has 3 nitrogen and oxygen atoms in total. The highest BCUT2D eigenvalue weighted by molar-refractivity contribution is 5.99. The second-order valence-corrected chi connectivity index (χ2v) is 6.40. The van der Waals surface area contributed by atoms with Crippen molar-refractivity contribution in [1.82, 2.24) is 0 Å². The van der Waals surface area contributed by atoms with Crippen LogP contribution >= 0.6 is 0 Å². The third-order valence-corrected chi connectivity index (χ3v) is 4.72. The number of fused-ring (bicyclic) bond motifs is 3. The first-order valence-corrected chi connectivity index (χ1v) is 7.99. The summed E-state index contributed by atoms with van der Waals surface area (Å²) in [5.41, 5.74) is 7.72. The smallest absolute Gasteiger partial charge is 0.326 e. The molecule has 23 heavy (non-hydrogen) atoms. The van der Waals surface area contributed by atoms with E-state index < -0.39 is 5.54 Å². The van der Waals surface area contributed by atoms with Crippen molar-refractivity contribution in [3.8, 4) is 0 Å². The Morgan fingerprint density at radius 1 is 1.00 bits per heavy atom. The number of hydrogen-bond acceptors (Lipinski definition) is 3. The molecule has 4 rings (SSSR count). The summed E-state index contributed by atoms with van der Waals surface area (Å²) in [5.74, 6) is -0.301. The van der Waals surface area contributed by atoms with Crippen molar-refractivity contribution in [3.05, 3.63) is 59.7 Å². The Labute approximate surface area is 135 Å². The molecule has 0 aromatic heterocycles. The Morgan fingerprint density at radius 3 is 2.00 bits per heavy atom. The average Bonchev–Trinajstić information content (AvgIpc) is 2.87. The number of nitrogens with two attached hydrogens (primary N) is 1. The summed E-state index contributed by atoms with van der Waals surface area (Å²) in [6.45, 7) is 2.17. The number of hydrogen-bond donors (Lipinski definition) is 1. The van der Waals surface area contributed by atoms with Gasteiger partial charge in [0.15, 0.2) is 0 Å². The van der Waals surface area contributed by atoms with Crippen LogP contribution in [0.25, 0.3) is 21.5 Å². The summed E-state index contributed by atoms with van der Waals surface area (Å²) < 4.78 is 5.16. The second-order valence-electron chi connectivity index (χ2n) is 6.40. The van der Waals surface area contributed by atoms with Crippen molar-refractivity contribution in [1.29, 1.82) is 0 Å². The minimum Gasteiger partial charge on any atom is -0.465 e. The molecule has 1 aliphatic carbocycles. The predicted molar refractivity (Wildman–Crippen MR) is 92.4 cm³/mol. The summed E-state index contributed by atoms with van der Waals surface area (Å²) >= 11 is 0. The lowest BCUT2D eigenvalue weighted by Gasteiger charge is -2.20. The summed E-state index contributed by atoms with van der Waals surface area (Å²) in [6.07, 6.45) is 1.09. The molecule has 0 saturated carbocycles. The third-order valence-electron chi connectivity index (χ3n) is 4.72. The minimum absolute atomic E-state index is 0.301. The molecule has 0 heterocycles. The zero-order chi connectivity index (χ0) is 16.0. The largest absolute Gasteiger partial charge is 0.465 e. The predicted octanol–water partition coefficient (Wildman–Crippen LogP) is 3.35. The van der Waals surface area contributed by atoms with Crippen molar-refractivity contribution >= 4 is 27.5 Å². The van der Waals surface area contributed by atoms with Crippen molar-refractivity contribution in [2.24, 2.45) is 5.73 Å². The maximum Gasteiger partial charge on any atom is 0.326 e. The standard InChI is InChI=1S/C20H19NO2/c1-2-23-19(22)20(21)11-17-9-15-7-13-5-3-4-6-14(13)8-16(15)10-18(17)12-20/h3-10H,2,11-12,21H2,1H3. The van der Waals surface area contributed by atoms with Crippen LogP contribution in [0.15, 0.2) is 48.5 Å². The van der Waals surface area contributed by atoms with Crippen LogP contribution in [0.5, 0.6) is 0 Å². The van der Waals surface area contributed by atoms with Gasteiger partial charge in [-0.1, -0.05) is 36.4 Å². The highest BCUT2D eigenvalue weighted by Gasteiger charge is 2.41. The molecule has 0 radical (unpaired) electrons. The van der Waals surface area contributed by atoms with Crippen LogP contribution in [0.2, 0.25) is 0 Å². The van der Waals surface area contributed by atoms with E-state index in [1.54, 1.807) is 0 Å². The SMILES string of the molecule is CCOC(=O)C1(N)Cc2cc3cc4ccccc4cc3cc2C1. The van der Waals surface area contributed by atoms with E-state index in [0.717, 1.165) is 11.1 Å². The van der Waals surface area contributed by atoms with Crippen LogP contribution in [0.3, 0.4) is 0 Å². The molecular formula is C20H19NO2. The van der Waals surface area contributed by atoms with Gasteiger partial charge in [-0.05, 0) is 51.7 Å². The van der Waals surface area contributed by atoms with Gasteiger partial charge in [0.1, 0.15) is 5.54 Å². The molecule has 116 valence electrons. The zero-order valence-corrected chi connectivity index (χ0v) is 13.1. The van der Waals surface area contributed by atoms with Crippen molar-refractivity contribution < 1.29 is 9.53 Å². The van der Waals surface area contributed by atoms with Crippen molar-refractivity contribution in [3.63, 3.8) is 0 Å². The van der Waals surface area contributed by atoms with Gasteiger partial charge in [0, 0.05) is 12.8 Å². The highest BCUT2D eigenvalue weighted by Crippen LogP contribution is 2.34. The van der Waals surface area contributed by atoms with E-state index in [4.69, 9.17) is 10.5 Å². The monoisotopic (exact) mass is 305 g/mol. The van der Waals surface area contributed by atoms with Crippen LogP contribution in [0.1, 0.15) is 18.1 Å². The topological polar surface area (TPSA) is 52.3 Å². The molecular weight excluding hydrogens is 286 g/mol. The van der Waals surface area contributed by atoms with Crippen molar-refractivity contribution in [2.75, 3.05) is 6.61 Å². The van der Waals surface area contributed by atoms with Gasteiger partial charge in [0.25, 0.3) is 0 Å². The van der Waals surface area contributed by atoms with E-state index in [-0.39, 0.29) is 5.97 Å². The quantitative estimate of drug-likeness (QED) is 0.583. The van der Waals surface area contributed by atoms with Gasteiger partial charge in [0.05, 0.1) is 6.61 Å². The molecule has 2 N–H and O–H groups in total. The molecule has 0 spiro atoms. The van der Waals surface area contributed by atoms with Gasteiger partial charge in [-0.3, -0.25) is 4.79 Å². The highest BCUT2D eigenvalue weighted by atomic mass is 16.5. The lowest BCUT2D eigenvalue weighted by atomic mass is 9.97. The second kappa shape index (κ2) is 5.07. The van der Waals surface area contributed by atoms with E-state index in [1.807, 2.05) is 19.1 Å². The third kappa shape index (κ3) is 2.28. The van der Waals surface area contributed by atoms with E-state index in [9.17, 15) is 4.79 Å². The normalized spacial score (nSPS) is 15.7. The molecule has 3 aromatic carbocycles. The minimum atomic E-state index is -0.921. The fourth-order valence-corrected chi connectivity index (χ4v) is 3.58. The average molecular weight is 305 g/mol. The van der Waals surface area contributed by atoms with E-state index in [1.165, 1.54) is 21.5 Å². The van der Waals surface area contributed by atoms with Gasteiger partial charge in [-0.15, -0.1) is 0 Å². The number of ether oxygens (including phenoxy) is 1. The Hall–Kier alpha value is -2.39. The fraction of sp³-hybridized carbons (Fsp3) is 0.250. The Kier molecular flexibility index (Phi) is 3.13. The first-order chi connectivity index (χ1) is 11.1. The molecule has 0 saturated heterocycles. The number of carbonyl (C=O) groups excluding carboxylic acids is 1. The Morgan fingerprint density at radius 2 is 1.52 bits per heavy atom. The molecule has 3 heteroatoms. The fourth-order valence-electron chi connectivity index (χ4n) is 3.58. The van der Waals surface area contributed by atoms with Gasteiger partial charge in [-0.2, -0.15) is 0 Å². The van der Waals surface area contributed by atoms with Crippen LogP contribution in [0, 0.1) is 0 Å². The van der Waals surface area contributed by atoms with Gasteiger partial charge in [-0.25, -0.2) is 0 Å². The molecule has 0 amide bonds. The lowest BCUT2D eigenvalue weighted by Crippen LogP contribution is -2.50. The molecule has 0 bridgehead atoms. The van der Waals surface area contributed by atoms with Crippen LogP contribution in [-0.4, -0.2) is 18.1 Å². The molecule has 0 fully saturated rings. The van der Waals surface area contributed by atoms with Crippen LogP contribution in [-0.2, 0) is 22.4 Å². The molecule has 1 aliphatic rings. The Bertz CT molecular complexity index is 865. The Balaban J connectivity index is 1.81. The van der Waals surface area contributed by atoms with Gasteiger partial charge >= 0.3 is 5.97 Å². The molecule has 0 unspecified atom stereocenters. The van der Waals surface area contributed by atoms with Gasteiger partial charge < -0.3 is 10.5 Å². The van der Waals surface area contributed by atoms with Crippen LogP contribution in [0.4, 0.5) is 0 Å². The first kappa shape index (κ1) is 14.2. The lowest BCUT2D eigenvalue weighted by molar-refractivity contribution is -0.149. The number of esters is 1. The zero-order valence-electron chi connectivity index (χ0n) is 13.1. The first-order valence-electron chi connectivity index (χ1n) is 7.99. The molecule has 0 atom stereocenters. The number of rotatable bonds is 2. The molecule has 0 aliphatic heterocycles. The van der Waals surface area contributed by atoms with Crippen LogP contribution < -0.4 is 5.73 Å².